The van der Waals surface area contributed by atoms with Gasteiger partial charge in [0.1, 0.15) is 0 Å². The molecule has 0 aromatic heterocycles. The first-order valence-corrected chi connectivity index (χ1v) is 7.82. The second-order valence-electron chi connectivity index (χ2n) is 4.42. The van der Waals surface area contributed by atoms with Crippen LogP contribution in [-0.2, 0) is 0 Å². The number of carbonyl (C=O) groups excluding carboxylic acids is 1. The van der Waals surface area contributed by atoms with Gasteiger partial charge >= 0.3 is 0 Å². The summed E-state index contributed by atoms with van der Waals surface area (Å²) < 4.78 is 18.3. The maximum absolute atomic E-state index is 13.4. The monoisotopic (exact) mass is 317 g/mol. The van der Waals surface area contributed by atoms with Crippen molar-refractivity contribution >= 4 is 23.2 Å². The van der Waals surface area contributed by atoms with Crippen LogP contribution >= 0.6 is 11.8 Å². The van der Waals surface area contributed by atoms with Gasteiger partial charge in [-0.3, -0.25) is 4.79 Å². The lowest BCUT2D eigenvalue weighted by Crippen LogP contribution is -2.02. The summed E-state index contributed by atoms with van der Waals surface area (Å²) >= 11 is 1.42. The predicted molar refractivity (Wildman–Crippen MR) is 88.9 cm³/mol. The standard InChI is InChI=1S/C17H16FNO2S/c1-21-16-10-12(8-9-14(16)18)15(20)11-17(22-2)19-13-6-4-3-5-7-13/h3-11,19H,1-2H3/b17-11-. The molecule has 1 N–H and O–H groups in total. The Hall–Kier alpha value is -2.27. The molecule has 2 aromatic carbocycles. The van der Waals surface area contributed by atoms with E-state index in [1.165, 1.54) is 43.1 Å². The Balaban J connectivity index is 2.20. The van der Waals surface area contributed by atoms with E-state index >= 15 is 0 Å². The van der Waals surface area contributed by atoms with Gasteiger partial charge in [-0.05, 0) is 36.6 Å². The summed E-state index contributed by atoms with van der Waals surface area (Å²) in [5.74, 6) is -0.650. The van der Waals surface area contributed by atoms with Crippen molar-refractivity contribution < 1.29 is 13.9 Å². The van der Waals surface area contributed by atoms with Crippen molar-refractivity contribution in [2.24, 2.45) is 0 Å². The van der Waals surface area contributed by atoms with E-state index in [0.29, 0.717) is 10.6 Å². The highest BCUT2D eigenvalue weighted by Crippen LogP contribution is 2.21. The first-order chi connectivity index (χ1) is 10.6. The summed E-state index contributed by atoms with van der Waals surface area (Å²) in [5, 5.41) is 3.88. The summed E-state index contributed by atoms with van der Waals surface area (Å²) in [6.45, 7) is 0. The Labute approximate surface area is 133 Å². The van der Waals surface area contributed by atoms with Crippen LogP contribution in [0.1, 0.15) is 10.4 Å². The molecule has 2 rings (SSSR count). The molecule has 0 amide bonds. The van der Waals surface area contributed by atoms with E-state index < -0.39 is 5.82 Å². The van der Waals surface area contributed by atoms with Crippen molar-refractivity contribution in [1.29, 1.82) is 0 Å². The van der Waals surface area contributed by atoms with E-state index in [-0.39, 0.29) is 11.5 Å². The molecule has 0 aliphatic heterocycles. The predicted octanol–water partition coefficient (Wildman–Crippen LogP) is 4.33. The molecule has 0 heterocycles. The molecule has 0 saturated heterocycles. The zero-order valence-electron chi connectivity index (χ0n) is 12.3. The number of carbonyl (C=O) groups is 1. The molecule has 114 valence electrons. The molecule has 5 heteroatoms. The molecular weight excluding hydrogens is 301 g/mol. The van der Waals surface area contributed by atoms with Crippen molar-refractivity contribution in [2.45, 2.75) is 0 Å². The van der Waals surface area contributed by atoms with E-state index in [0.717, 1.165) is 5.69 Å². The number of hydrogen-bond acceptors (Lipinski definition) is 4. The molecule has 0 saturated carbocycles. The Bertz CT molecular complexity index is 686. The molecule has 0 bridgehead atoms. The van der Waals surface area contributed by atoms with Gasteiger partial charge in [0.15, 0.2) is 17.3 Å². The molecular formula is C17H16FNO2S. The highest BCUT2D eigenvalue weighted by atomic mass is 32.2. The fourth-order valence-electron chi connectivity index (χ4n) is 1.83. The minimum absolute atomic E-state index is 0.0565. The van der Waals surface area contributed by atoms with Crippen LogP contribution < -0.4 is 10.1 Å². The number of nitrogens with one attached hydrogen (secondary N) is 1. The largest absolute Gasteiger partial charge is 0.494 e. The number of thioether (sulfide) groups is 1. The average Bonchev–Trinajstić information content (AvgIpc) is 2.55. The third-order valence-corrected chi connectivity index (χ3v) is 3.62. The van der Waals surface area contributed by atoms with Crippen LogP contribution in [0.25, 0.3) is 0 Å². The fourth-order valence-corrected chi connectivity index (χ4v) is 2.27. The zero-order valence-corrected chi connectivity index (χ0v) is 13.1. The second-order valence-corrected chi connectivity index (χ2v) is 5.27. The molecule has 0 spiro atoms. The van der Waals surface area contributed by atoms with Gasteiger partial charge in [0.05, 0.1) is 12.1 Å². The Kier molecular flexibility index (Phi) is 5.61. The van der Waals surface area contributed by atoms with Gasteiger partial charge in [-0.25, -0.2) is 4.39 Å². The lowest BCUT2D eigenvalue weighted by molar-refractivity contribution is 0.104. The average molecular weight is 317 g/mol. The van der Waals surface area contributed by atoms with Crippen LogP contribution in [0.15, 0.2) is 59.6 Å². The summed E-state index contributed by atoms with van der Waals surface area (Å²) in [4.78, 5) is 12.3. The maximum atomic E-state index is 13.4. The number of para-hydroxylation sites is 1. The third-order valence-electron chi connectivity index (χ3n) is 2.96. The highest BCUT2D eigenvalue weighted by molar-refractivity contribution is 8.02. The lowest BCUT2D eigenvalue weighted by Gasteiger charge is -2.08. The van der Waals surface area contributed by atoms with Crippen LogP contribution in [0.2, 0.25) is 0 Å². The zero-order chi connectivity index (χ0) is 15.9. The minimum atomic E-state index is -0.490. The fraction of sp³-hybridized carbons (Fsp3) is 0.118. The molecule has 0 aliphatic carbocycles. The van der Waals surface area contributed by atoms with E-state index in [2.05, 4.69) is 5.32 Å². The van der Waals surface area contributed by atoms with Crippen molar-refractivity contribution in [3.63, 3.8) is 0 Å². The lowest BCUT2D eigenvalue weighted by atomic mass is 10.1. The summed E-state index contributed by atoms with van der Waals surface area (Å²) in [5.41, 5.74) is 1.27. The first kappa shape index (κ1) is 16.1. The number of halogens is 1. The molecule has 0 fully saturated rings. The van der Waals surface area contributed by atoms with Crippen molar-refractivity contribution in [2.75, 3.05) is 18.7 Å². The smallest absolute Gasteiger partial charge is 0.188 e. The van der Waals surface area contributed by atoms with Gasteiger partial charge in [0, 0.05) is 17.3 Å². The van der Waals surface area contributed by atoms with Gasteiger partial charge < -0.3 is 10.1 Å². The molecule has 0 radical (unpaired) electrons. The quantitative estimate of drug-likeness (QED) is 0.635. The number of benzene rings is 2. The highest BCUT2D eigenvalue weighted by Gasteiger charge is 2.09. The Morgan fingerprint density at radius 3 is 2.59 bits per heavy atom. The molecule has 22 heavy (non-hydrogen) atoms. The van der Waals surface area contributed by atoms with Gasteiger partial charge in [-0.1, -0.05) is 18.2 Å². The number of methoxy groups -OCH3 is 1. The molecule has 0 atom stereocenters. The van der Waals surface area contributed by atoms with E-state index in [4.69, 9.17) is 4.74 Å². The van der Waals surface area contributed by atoms with Crippen LogP contribution in [0.4, 0.5) is 10.1 Å². The topological polar surface area (TPSA) is 38.3 Å². The number of hydrogen-bond donors (Lipinski definition) is 1. The van der Waals surface area contributed by atoms with Crippen molar-refractivity contribution in [3.8, 4) is 5.75 Å². The number of rotatable bonds is 6. The van der Waals surface area contributed by atoms with Crippen molar-refractivity contribution in [3.05, 3.63) is 71.0 Å². The van der Waals surface area contributed by atoms with Gasteiger partial charge in [0.25, 0.3) is 0 Å². The first-order valence-electron chi connectivity index (χ1n) is 6.59. The van der Waals surface area contributed by atoms with Crippen LogP contribution in [-0.4, -0.2) is 19.1 Å². The molecule has 2 aromatic rings. The van der Waals surface area contributed by atoms with E-state index in [1.807, 2.05) is 36.6 Å². The molecule has 3 nitrogen and oxygen atoms in total. The van der Waals surface area contributed by atoms with Gasteiger partial charge in [-0.15, -0.1) is 11.8 Å². The van der Waals surface area contributed by atoms with Gasteiger partial charge in [-0.2, -0.15) is 0 Å². The number of ketones is 1. The van der Waals surface area contributed by atoms with Crippen molar-refractivity contribution in [1.82, 2.24) is 0 Å². The normalized spacial score (nSPS) is 11.1. The molecule has 0 unspecified atom stereocenters. The number of ether oxygens (including phenoxy) is 1. The van der Waals surface area contributed by atoms with Crippen LogP contribution in [0, 0.1) is 5.82 Å². The van der Waals surface area contributed by atoms with Gasteiger partial charge in [0.2, 0.25) is 0 Å². The SMILES string of the molecule is COc1cc(C(=O)/C=C(/Nc2ccccc2)SC)ccc1F. The van der Waals surface area contributed by atoms with E-state index in [1.54, 1.807) is 0 Å². The summed E-state index contributed by atoms with van der Waals surface area (Å²) in [6, 6.07) is 13.6. The Morgan fingerprint density at radius 1 is 1.23 bits per heavy atom. The molecule has 0 aliphatic rings. The summed E-state index contributed by atoms with van der Waals surface area (Å²) in [6.07, 6.45) is 3.37. The number of allylic oxidation sites excluding steroid dienone is 1. The van der Waals surface area contributed by atoms with E-state index in [9.17, 15) is 9.18 Å². The maximum Gasteiger partial charge on any atom is 0.188 e. The third kappa shape index (κ3) is 4.11. The summed E-state index contributed by atoms with van der Waals surface area (Å²) in [7, 11) is 1.37. The second kappa shape index (κ2) is 7.66. The van der Waals surface area contributed by atoms with Crippen LogP contribution in [0.5, 0.6) is 5.75 Å². The minimum Gasteiger partial charge on any atom is -0.494 e. The number of anilines is 1. The Morgan fingerprint density at radius 2 is 1.95 bits per heavy atom. The van der Waals surface area contributed by atoms with Crippen LogP contribution in [0.3, 0.4) is 0 Å².